The molecule has 0 radical (unpaired) electrons. The van der Waals surface area contributed by atoms with Crippen molar-refractivity contribution in [1.82, 2.24) is 15.0 Å². The molecule has 0 aliphatic heterocycles. The molecule has 7 rings (SSSR count). The van der Waals surface area contributed by atoms with Crippen LogP contribution in [0.2, 0.25) is 5.02 Å². The van der Waals surface area contributed by atoms with Crippen LogP contribution in [0, 0.1) is 0 Å². The Kier molecular flexibility index (Phi) is 5.46. The van der Waals surface area contributed by atoms with Crippen molar-refractivity contribution in [3.05, 3.63) is 126 Å². The van der Waals surface area contributed by atoms with Crippen LogP contribution in [0.25, 0.3) is 67.2 Å². The van der Waals surface area contributed by atoms with Gasteiger partial charge in [0.1, 0.15) is 11.2 Å². The van der Waals surface area contributed by atoms with Gasteiger partial charge in [-0.1, -0.05) is 103 Å². The van der Waals surface area contributed by atoms with Crippen LogP contribution in [0.5, 0.6) is 0 Å². The SMILES string of the molecule is Clc1cccc(-c2nc(-c3ccccc3)nc(-c3cccc4oc5ccc(-c6ccccc6)cc5c34)n2)c1. The average molecular weight is 510 g/mol. The zero-order chi connectivity index (χ0) is 25.5. The van der Waals surface area contributed by atoms with Gasteiger partial charge < -0.3 is 4.42 Å². The van der Waals surface area contributed by atoms with Crippen LogP contribution in [0.15, 0.2) is 126 Å². The molecule has 0 saturated carbocycles. The number of halogens is 1. The Balaban J connectivity index is 1.49. The highest BCUT2D eigenvalue weighted by atomic mass is 35.5. The van der Waals surface area contributed by atoms with Crippen LogP contribution in [0.4, 0.5) is 0 Å². The zero-order valence-electron chi connectivity index (χ0n) is 20.2. The van der Waals surface area contributed by atoms with Gasteiger partial charge in [0, 0.05) is 32.5 Å². The molecule has 0 spiro atoms. The Morgan fingerprint density at radius 1 is 0.474 bits per heavy atom. The monoisotopic (exact) mass is 509 g/mol. The van der Waals surface area contributed by atoms with E-state index < -0.39 is 0 Å². The maximum absolute atomic E-state index is 6.32. The summed E-state index contributed by atoms with van der Waals surface area (Å²) in [4.78, 5) is 14.7. The highest BCUT2D eigenvalue weighted by molar-refractivity contribution is 6.30. The summed E-state index contributed by atoms with van der Waals surface area (Å²) in [5, 5.41) is 2.62. The van der Waals surface area contributed by atoms with Crippen LogP contribution in [-0.4, -0.2) is 15.0 Å². The second-order valence-corrected chi connectivity index (χ2v) is 9.48. The van der Waals surface area contributed by atoms with E-state index in [2.05, 4.69) is 24.3 Å². The minimum absolute atomic E-state index is 0.561. The first-order chi connectivity index (χ1) is 18.7. The molecule has 0 amide bonds. The fourth-order valence-electron chi connectivity index (χ4n) is 4.79. The molecule has 0 atom stereocenters. The fourth-order valence-corrected chi connectivity index (χ4v) is 4.98. The van der Waals surface area contributed by atoms with Crippen molar-refractivity contribution in [2.24, 2.45) is 0 Å². The third-order valence-electron chi connectivity index (χ3n) is 6.59. The minimum Gasteiger partial charge on any atom is -0.456 e. The van der Waals surface area contributed by atoms with Gasteiger partial charge in [0.15, 0.2) is 17.5 Å². The summed E-state index contributed by atoms with van der Waals surface area (Å²) in [5.41, 5.74) is 6.50. The van der Waals surface area contributed by atoms with Gasteiger partial charge in [0.05, 0.1) is 0 Å². The fraction of sp³-hybridized carbons (Fsp3) is 0. The van der Waals surface area contributed by atoms with E-state index in [1.807, 2.05) is 97.1 Å². The highest BCUT2D eigenvalue weighted by Crippen LogP contribution is 2.38. The van der Waals surface area contributed by atoms with Crippen LogP contribution < -0.4 is 0 Å². The number of benzene rings is 5. The first-order valence-electron chi connectivity index (χ1n) is 12.3. The van der Waals surface area contributed by atoms with Crippen molar-refractivity contribution in [2.45, 2.75) is 0 Å². The molecule has 2 aromatic heterocycles. The van der Waals surface area contributed by atoms with Gasteiger partial charge in [-0.05, 0) is 41.5 Å². The smallest absolute Gasteiger partial charge is 0.164 e. The Hall–Kier alpha value is -4.80. The molecule has 5 heteroatoms. The topological polar surface area (TPSA) is 51.8 Å². The van der Waals surface area contributed by atoms with Crippen LogP contribution >= 0.6 is 11.6 Å². The predicted octanol–water partition coefficient (Wildman–Crippen LogP) is 9.09. The molecular formula is C33H20ClN3O. The third kappa shape index (κ3) is 4.01. The van der Waals surface area contributed by atoms with E-state index in [0.717, 1.165) is 49.8 Å². The van der Waals surface area contributed by atoms with Gasteiger partial charge in [-0.3, -0.25) is 0 Å². The van der Waals surface area contributed by atoms with E-state index >= 15 is 0 Å². The summed E-state index contributed by atoms with van der Waals surface area (Å²) in [7, 11) is 0. The van der Waals surface area contributed by atoms with Gasteiger partial charge in [-0.25, -0.2) is 15.0 Å². The lowest BCUT2D eigenvalue weighted by Gasteiger charge is -2.09. The molecule has 0 aliphatic carbocycles. The highest BCUT2D eigenvalue weighted by Gasteiger charge is 2.18. The molecule has 0 unspecified atom stereocenters. The average Bonchev–Trinajstić information content (AvgIpc) is 3.36. The van der Waals surface area contributed by atoms with Crippen molar-refractivity contribution >= 4 is 33.5 Å². The second-order valence-electron chi connectivity index (χ2n) is 9.04. The Morgan fingerprint density at radius 3 is 1.89 bits per heavy atom. The number of hydrogen-bond acceptors (Lipinski definition) is 4. The van der Waals surface area contributed by atoms with Crippen molar-refractivity contribution in [3.63, 3.8) is 0 Å². The van der Waals surface area contributed by atoms with E-state index in [1.165, 1.54) is 0 Å². The van der Waals surface area contributed by atoms with Crippen LogP contribution in [0.3, 0.4) is 0 Å². The summed E-state index contributed by atoms with van der Waals surface area (Å²) in [6.45, 7) is 0. The molecule has 0 aliphatic rings. The van der Waals surface area contributed by atoms with Crippen molar-refractivity contribution in [3.8, 4) is 45.3 Å². The maximum Gasteiger partial charge on any atom is 0.164 e. The molecule has 180 valence electrons. The molecule has 0 fully saturated rings. The predicted molar refractivity (Wildman–Crippen MR) is 154 cm³/mol. The third-order valence-corrected chi connectivity index (χ3v) is 6.83. The number of hydrogen-bond donors (Lipinski definition) is 0. The largest absolute Gasteiger partial charge is 0.456 e. The van der Waals surface area contributed by atoms with E-state index in [1.54, 1.807) is 0 Å². The lowest BCUT2D eigenvalue weighted by Crippen LogP contribution is -2.00. The summed E-state index contributed by atoms with van der Waals surface area (Å²) in [6, 6.07) is 40.1. The van der Waals surface area contributed by atoms with Gasteiger partial charge in [0.2, 0.25) is 0 Å². The lowest BCUT2D eigenvalue weighted by atomic mass is 10.0. The molecule has 2 heterocycles. The number of fused-ring (bicyclic) bond motifs is 3. The molecule has 38 heavy (non-hydrogen) atoms. The Labute approximate surface area is 224 Å². The quantitative estimate of drug-likeness (QED) is 0.237. The van der Waals surface area contributed by atoms with Crippen molar-refractivity contribution < 1.29 is 4.42 Å². The minimum atomic E-state index is 0.561. The van der Waals surface area contributed by atoms with E-state index in [4.69, 9.17) is 31.0 Å². The van der Waals surface area contributed by atoms with E-state index in [0.29, 0.717) is 22.5 Å². The van der Waals surface area contributed by atoms with Crippen LogP contribution in [0.1, 0.15) is 0 Å². The number of furan rings is 1. The lowest BCUT2D eigenvalue weighted by molar-refractivity contribution is 0.669. The Morgan fingerprint density at radius 2 is 1.13 bits per heavy atom. The molecule has 7 aromatic rings. The van der Waals surface area contributed by atoms with E-state index in [-0.39, 0.29) is 0 Å². The molecule has 5 aromatic carbocycles. The van der Waals surface area contributed by atoms with Gasteiger partial charge in [-0.2, -0.15) is 0 Å². The van der Waals surface area contributed by atoms with Crippen molar-refractivity contribution in [1.29, 1.82) is 0 Å². The summed E-state index contributed by atoms with van der Waals surface area (Å²) < 4.78 is 6.26. The maximum atomic E-state index is 6.32. The molecule has 0 N–H and O–H groups in total. The first-order valence-corrected chi connectivity index (χ1v) is 12.7. The summed E-state index contributed by atoms with van der Waals surface area (Å²) >= 11 is 6.32. The number of aromatic nitrogens is 3. The first kappa shape index (κ1) is 22.4. The van der Waals surface area contributed by atoms with Gasteiger partial charge in [0.25, 0.3) is 0 Å². The standard InChI is InChI=1S/C33H20ClN3O/c34-25-14-7-13-24(19-25)32-35-31(22-11-5-2-6-12-22)36-33(37-32)26-15-8-16-29-30(26)27-20-23(17-18-28(27)38-29)21-9-3-1-4-10-21/h1-20H. The number of nitrogens with zero attached hydrogens (tertiary/aromatic N) is 3. The Bertz CT molecular complexity index is 1930. The van der Waals surface area contributed by atoms with Crippen LogP contribution in [-0.2, 0) is 0 Å². The molecule has 4 nitrogen and oxygen atoms in total. The summed E-state index contributed by atoms with van der Waals surface area (Å²) in [5.74, 6) is 1.73. The summed E-state index contributed by atoms with van der Waals surface area (Å²) in [6.07, 6.45) is 0. The number of rotatable bonds is 4. The van der Waals surface area contributed by atoms with E-state index in [9.17, 15) is 0 Å². The normalized spacial score (nSPS) is 11.3. The van der Waals surface area contributed by atoms with Crippen molar-refractivity contribution in [2.75, 3.05) is 0 Å². The van der Waals surface area contributed by atoms with Gasteiger partial charge >= 0.3 is 0 Å². The molecule has 0 saturated heterocycles. The second kappa shape index (κ2) is 9.25. The van der Waals surface area contributed by atoms with Gasteiger partial charge in [-0.15, -0.1) is 0 Å². The molecular weight excluding hydrogens is 490 g/mol. The molecule has 0 bridgehead atoms. The zero-order valence-corrected chi connectivity index (χ0v) is 20.9.